The van der Waals surface area contributed by atoms with Crippen LogP contribution in [0.1, 0.15) is 219 Å². The van der Waals surface area contributed by atoms with Gasteiger partial charge < -0.3 is 20.1 Å². The molecule has 9 nitrogen and oxygen atoms in total. The van der Waals surface area contributed by atoms with Crippen molar-refractivity contribution in [2.45, 2.75) is 225 Å². The molecule has 0 heterocycles. The van der Waals surface area contributed by atoms with E-state index in [4.69, 9.17) is 24.3 Å². The van der Waals surface area contributed by atoms with E-state index in [-0.39, 0.29) is 38.6 Å². The van der Waals surface area contributed by atoms with Gasteiger partial charge in [0, 0.05) is 19.4 Å². The number of allylic oxidation sites excluding steroid dienone is 2. The normalized spacial score (nSPS) is 13.4. The molecule has 0 bridgehead atoms. The molecule has 0 amide bonds. The standard InChI is InChI=1S/C43H84NO8P/c1-3-5-7-9-11-13-15-17-18-19-20-21-22-24-25-27-29-31-33-35-42(45)49-39-41(40-51-53(47,48)50-38-37-44)52-43(46)36-34-32-30-28-26-23-16-14-12-10-8-6-4-2/h17-18,41H,3-16,19-40,44H2,1-2H3,(H,47,48)/t41-/m1/s1. The highest BCUT2D eigenvalue weighted by molar-refractivity contribution is 7.47. The Balaban J connectivity index is 4.08. The van der Waals surface area contributed by atoms with Gasteiger partial charge >= 0.3 is 19.8 Å². The molecule has 53 heavy (non-hydrogen) atoms. The van der Waals surface area contributed by atoms with E-state index >= 15 is 0 Å². The summed E-state index contributed by atoms with van der Waals surface area (Å²) in [6, 6.07) is 0. The topological polar surface area (TPSA) is 134 Å². The summed E-state index contributed by atoms with van der Waals surface area (Å²) in [5, 5.41) is 0. The van der Waals surface area contributed by atoms with Crippen molar-refractivity contribution in [1.82, 2.24) is 0 Å². The van der Waals surface area contributed by atoms with Crippen molar-refractivity contribution in [1.29, 1.82) is 0 Å². The Bertz CT molecular complexity index is 886. The fourth-order valence-electron chi connectivity index (χ4n) is 6.34. The van der Waals surface area contributed by atoms with Gasteiger partial charge in [-0.25, -0.2) is 4.57 Å². The summed E-state index contributed by atoms with van der Waals surface area (Å²) in [6.07, 6.45) is 40.9. The van der Waals surface area contributed by atoms with Gasteiger partial charge in [-0.1, -0.05) is 180 Å². The first-order valence-electron chi connectivity index (χ1n) is 22.2. The average molecular weight is 774 g/mol. The third-order valence-corrected chi connectivity index (χ3v) is 10.6. The number of hydrogen-bond donors (Lipinski definition) is 2. The molecule has 0 rings (SSSR count). The van der Waals surface area contributed by atoms with Gasteiger partial charge in [0.1, 0.15) is 6.61 Å². The molecule has 0 aromatic rings. The Morgan fingerprint density at radius 1 is 0.547 bits per heavy atom. The lowest BCUT2D eigenvalue weighted by Crippen LogP contribution is -2.29. The molecule has 0 aliphatic rings. The Kier molecular flexibility index (Phi) is 39.5. The molecule has 0 aromatic heterocycles. The summed E-state index contributed by atoms with van der Waals surface area (Å²) in [6.45, 7) is 3.75. The van der Waals surface area contributed by atoms with Crippen LogP contribution in [0.4, 0.5) is 0 Å². The minimum atomic E-state index is -4.37. The van der Waals surface area contributed by atoms with Gasteiger partial charge in [0.15, 0.2) is 6.10 Å². The second-order valence-corrected chi connectivity index (χ2v) is 16.4. The van der Waals surface area contributed by atoms with Crippen LogP contribution in [0.25, 0.3) is 0 Å². The largest absolute Gasteiger partial charge is 0.472 e. The van der Waals surface area contributed by atoms with Crippen LogP contribution in [0.2, 0.25) is 0 Å². The molecule has 0 aromatic carbocycles. The molecule has 0 saturated heterocycles. The van der Waals surface area contributed by atoms with Crippen LogP contribution in [0.3, 0.4) is 0 Å². The molecular formula is C43H84NO8P. The van der Waals surface area contributed by atoms with Gasteiger partial charge in [-0.2, -0.15) is 0 Å². The number of unbranched alkanes of at least 4 members (excludes halogenated alkanes) is 27. The van der Waals surface area contributed by atoms with Crippen molar-refractivity contribution in [3.63, 3.8) is 0 Å². The summed E-state index contributed by atoms with van der Waals surface area (Å²) in [4.78, 5) is 34.8. The second-order valence-electron chi connectivity index (χ2n) is 14.9. The van der Waals surface area contributed by atoms with Crippen LogP contribution in [0.15, 0.2) is 12.2 Å². The number of carbonyl (C=O) groups excluding carboxylic acids is 2. The lowest BCUT2D eigenvalue weighted by atomic mass is 10.0. The quantitative estimate of drug-likeness (QED) is 0.0269. The molecule has 0 saturated carbocycles. The summed E-state index contributed by atoms with van der Waals surface area (Å²) < 4.78 is 32.8. The lowest BCUT2D eigenvalue weighted by Gasteiger charge is -2.19. The van der Waals surface area contributed by atoms with Crippen LogP contribution >= 0.6 is 7.82 Å². The number of nitrogens with two attached hydrogens (primary N) is 1. The summed E-state index contributed by atoms with van der Waals surface area (Å²) in [5.41, 5.74) is 5.35. The highest BCUT2D eigenvalue weighted by Gasteiger charge is 2.26. The molecule has 10 heteroatoms. The van der Waals surface area contributed by atoms with Crippen molar-refractivity contribution in [2.24, 2.45) is 5.73 Å². The Labute approximate surface area is 326 Å². The van der Waals surface area contributed by atoms with Crippen molar-refractivity contribution in [2.75, 3.05) is 26.4 Å². The maximum atomic E-state index is 12.6. The van der Waals surface area contributed by atoms with E-state index in [0.29, 0.717) is 6.42 Å². The molecule has 314 valence electrons. The van der Waals surface area contributed by atoms with Crippen LogP contribution in [0.5, 0.6) is 0 Å². The van der Waals surface area contributed by atoms with E-state index < -0.39 is 26.5 Å². The zero-order chi connectivity index (χ0) is 38.9. The first kappa shape index (κ1) is 51.8. The molecule has 0 aliphatic carbocycles. The van der Waals surface area contributed by atoms with Gasteiger partial charge in [0.25, 0.3) is 0 Å². The number of hydrogen-bond acceptors (Lipinski definition) is 8. The van der Waals surface area contributed by atoms with E-state index in [1.165, 1.54) is 154 Å². The number of ether oxygens (including phenoxy) is 2. The maximum absolute atomic E-state index is 12.6. The van der Waals surface area contributed by atoms with Gasteiger partial charge in [0.05, 0.1) is 13.2 Å². The summed E-state index contributed by atoms with van der Waals surface area (Å²) in [7, 11) is -4.37. The fraction of sp³-hybridized carbons (Fsp3) is 0.907. The van der Waals surface area contributed by atoms with Crippen LogP contribution in [-0.2, 0) is 32.7 Å². The van der Waals surface area contributed by atoms with Gasteiger partial charge in [-0.05, 0) is 38.5 Å². The molecule has 1 unspecified atom stereocenters. The third kappa shape index (κ3) is 40.2. The smallest absolute Gasteiger partial charge is 0.462 e. The predicted molar refractivity (Wildman–Crippen MR) is 220 cm³/mol. The predicted octanol–water partition coefficient (Wildman–Crippen LogP) is 12.6. The minimum Gasteiger partial charge on any atom is -0.462 e. The molecule has 0 aliphatic heterocycles. The van der Waals surface area contributed by atoms with Gasteiger partial charge in [0.2, 0.25) is 0 Å². The first-order chi connectivity index (χ1) is 25.8. The van der Waals surface area contributed by atoms with E-state index in [1.54, 1.807) is 0 Å². The zero-order valence-electron chi connectivity index (χ0n) is 34.5. The second kappa shape index (κ2) is 40.4. The Hall–Kier alpha value is -1.25. The minimum absolute atomic E-state index is 0.0561. The van der Waals surface area contributed by atoms with Crippen molar-refractivity contribution in [3.05, 3.63) is 12.2 Å². The van der Waals surface area contributed by atoms with E-state index in [0.717, 1.165) is 32.1 Å². The molecule has 0 fully saturated rings. The molecule has 0 spiro atoms. The van der Waals surface area contributed by atoms with E-state index in [2.05, 4.69) is 26.0 Å². The van der Waals surface area contributed by atoms with Crippen LogP contribution in [0, 0.1) is 0 Å². The van der Waals surface area contributed by atoms with Crippen molar-refractivity contribution < 1.29 is 37.6 Å². The number of phosphoric ester groups is 1. The van der Waals surface area contributed by atoms with E-state index in [1.807, 2.05) is 0 Å². The maximum Gasteiger partial charge on any atom is 0.472 e. The Morgan fingerprint density at radius 2 is 0.925 bits per heavy atom. The van der Waals surface area contributed by atoms with Crippen molar-refractivity contribution in [3.8, 4) is 0 Å². The average Bonchev–Trinajstić information content (AvgIpc) is 3.14. The SMILES string of the molecule is CCCCCCCCC=CCCCCCCCCCCCC(=O)OC[C@H](COP(=O)(O)OCCN)OC(=O)CCCCCCCCCCCCCCC. The molecule has 0 radical (unpaired) electrons. The monoisotopic (exact) mass is 774 g/mol. The van der Waals surface area contributed by atoms with Crippen LogP contribution < -0.4 is 5.73 Å². The number of carbonyl (C=O) groups is 2. The fourth-order valence-corrected chi connectivity index (χ4v) is 7.10. The zero-order valence-corrected chi connectivity index (χ0v) is 35.4. The lowest BCUT2D eigenvalue weighted by molar-refractivity contribution is -0.161. The Morgan fingerprint density at radius 3 is 1.34 bits per heavy atom. The highest BCUT2D eigenvalue weighted by atomic mass is 31.2. The number of phosphoric acid groups is 1. The van der Waals surface area contributed by atoms with Gasteiger partial charge in [-0.3, -0.25) is 18.6 Å². The first-order valence-corrected chi connectivity index (χ1v) is 23.7. The number of rotatable bonds is 42. The third-order valence-electron chi connectivity index (χ3n) is 9.65. The highest BCUT2D eigenvalue weighted by Crippen LogP contribution is 2.43. The summed E-state index contributed by atoms with van der Waals surface area (Å²) in [5.74, 6) is -0.820. The molecule has 2 atom stereocenters. The van der Waals surface area contributed by atoms with Crippen molar-refractivity contribution >= 4 is 19.8 Å². The molecular weight excluding hydrogens is 689 g/mol. The van der Waals surface area contributed by atoms with E-state index in [9.17, 15) is 19.0 Å². The molecule has 3 N–H and O–H groups in total. The van der Waals surface area contributed by atoms with Crippen LogP contribution in [-0.4, -0.2) is 49.3 Å². The summed E-state index contributed by atoms with van der Waals surface area (Å²) >= 11 is 0. The number of esters is 2. The van der Waals surface area contributed by atoms with Gasteiger partial charge in [-0.15, -0.1) is 0 Å².